The summed E-state index contributed by atoms with van der Waals surface area (Å²) in [6.07, 6.45) is 1.51. The van der Waals surface area contributed by atoms with Crippen LogP contribution >= 0.6 is 15.9 Å². The molecule has 4 nitrogen and oxygen atoms in total. The van der Waals surface area contributed by atoms with Crippen LogP contribution in [0.1, 0.15) is 12.8 Å². The summed E-state index contributed by atoms with van der Waals surface area (Å²) < 4.78 is 1.08. The van der Waals surface area contributed by atoms with E-state index in [9.17, 15) is 9.90 Å². The Kier molecular flexibility index (Phi) is 3.98. The molecule has 20 heavy (non-hydrogen) atoms. The van der Waals surface area contributed by atoms with Crippen molar-refractivity contribution in [3.05, 3.63) is 28.7 Å². The predicted octanol–water partition coefficient (Wildman–Crippen LogP) is 1.87. The lowest BCUT2D eigenvalue weighted by Gasteiger charge is -2.25. The molecule has 0 aromatic heterocycles. The number of hydrogen-bond donors (Lipinski definition) is 1. The predicted molar refractivity (Wildman–Crippen MR) is 81.7 cm³/mol. The molecule has 2 atom stereocenters. The molecule has 2 aliphatic heterocycles. The maximum Gasteiger partial charge on any atom is 0.223 e. The fourth-order valence-electron chi connectivity index (χ4n) is 3.19. The number of carbonyl (C=O) groups is 1. The summed E-state index contributed by atoms with van der Waals surface area (Å²) in [7, 11) is 0. The first-order valence-electron chi connectivity index (χ1n) is 7.08. The summed E-state index contributed by atoms with van der Waals surface area (Å²) in [6, 6.07) is 8.57. The molecule has 0 spiro atoms. The first kappa shape index (κ1) is 13.9. The molecule has 1 N–H and O–H groups in total. The number of anilines is 1. The van der Waals surface area contributed by atoms with Crippen molar-refractivity contribution in [1.29, 1.82) is 0 Å². The summed E-state index contributed by atoms with van der Waals surface area (Å²) in [4.78, 5) is 16.3. The number of halogens is 1. The van der Waals surface area contributed by atoms with Crippen molar-refractivity contribution in [2.24, 2.45) is 5.92 Å². The van der Waals surface area contributed by atoms with Crippen LogP contribution in [0, 0.1) is 5.92 Å². The lowest BCUT2D eigenvalue weighted by Crippen LogP contribution is -2.38. The molecule has 0 aliphatic carbocycles. The second kappa shape index (κ2) is 5.74. The third-order valence-electron chi connectivity index (χ3n) is 4.27. The van der Waals surface area contributed by atoms with Gasteiger partial charge < -0.3 is 14.9 Å². The van der Waals surface area contributed by atoms with E-state index in [-0.39, 0.29) is 24.5 Å². The highest BCUT2D eigenvalue weighted by Gasteiger charge is 2.37. The zero-order valence-electron chi connectivity index (χ0n) is 11.3. The van der Waals surface area contributed by atoms with Crippen LogP contribution in [0.3, 0.4) is 0 Å². The Morgan fingerprint density at radius 3 is 2.90 bits per heavy atom. The monoisotopic (exact) mass is 338 g/mol. The summed E-state index contributed by atoms with van der Waals surface area (Å²) in [5.74, 6) is 0.326. The molecule has 0 radical (unpaired) electrons. The SMILES string of the molecule is O=C1CC(CO)CN1C1CCN(c2cccc(Br)c2)C1. The van der Waals surface area contributed by atoms with Gasteiger partial charge in [0.05, 0.1) is 6.04 Å². The minimum Gasteiger partial charge on any atom is -0.396 e. The highest BCUT2D eigenvalue weighted by molar-refractivity contribution is 9.10. The Balaban J connectivity index is 1.67. The van der Waals surface area contributed by atoms with Gasteiger partial charge in [0, 0.05) is 48.7 Å². The summed E-state index contributed by atoms with van der Waals surface area (Å²) in [6.45, 7) is 2.70. The maximum absolute atomic E-state index is 12.0. The van der Waals surface area contributed by atoms with Crippen molar-refractivity contribution >= 4 is 27.5 Å². The highest BCUT2D eigenvalue weighted by atomic mass is 79.9. The van der Waals surface area contributed by atoms with Gasteiger partial charge in [-0.1, -0.05) is 22.0 Å². The number of hydrogen-bond acceptors (Lipinski definition) is 3. The van der Waals surface area contributed by atoms with Gasteiger partial charge in [0.1, 0.15) is 0 Å². The third kappa shape index (κ3) is 2.69. The van der Waals surface area contributed by atoms with Crippen LogP contribution in [-0.4, -0.2) is 48.2 Å². The zero-order valence-corrected chi connectivity index (χ0v) is 12.9. The molecule has 2 saturated heterocycles. The number of aliphatic hydroxyl groups is 1. The van der Waals surface area contributed by atoms with E-state index < -0.39 is 0 Å². The zero-order chi connectivity index (χ0) is 14.1. The van der Waals surface area contributed by atoms with Gasteiger partial charge in [-0.25, -0.2) is 0 Å². The Morgan fingerprint density at radius 1 is 1.35 bits per heavy atom. The van der Waals surface area contributed by atoms with E-state index in [4.69, 9.17) is 0 Å². The molecule has 3 rings (SSSR count). The van der Waals surface area contributed by atoms with Crippen molar-refractivity contribution in [2.45, 2.75) is 18.9 Å². The van der Waals surface area contributed by atoms with Gasteiger partial charge in [-0.05, 0) is 24.6 Å². The Labute approximate surface area is 127 Å². The lowest BCUT2D eigenvalue weighted by molar-refractivity contribution is -0.129. The van der Waals surface area contributed by atoms with Gasteiger partial charge >= 0.3 is 0 Å². The van der Waals surface area contributed by atoms with Crippen molar-refractivity contribution in [1.82, 2.24) is 4.90 Å². The normalized spacial score (nSPS) is 26.6. The molecule has 1 aromatic rings. The quantitative estimate of drug-likeness (QED) is 0.914. The minimum absolute atomic E-state index is 0.115. The van der Waals surface area contributed by atoms with E-state index in [2.05, 4.69) is 33.0 Å². The van der Waals surface area contributed by atoms with Gasteiger partial charge in [0.2, 0.25) is 5.91 Å². The van der Waals surface area contributed by atoms with Crippen molar-refractivity contribution in [2.75, 3.05) is 31.1 Å². The van der Waals surface area contributed by atoms with Crippen molar-refractivity contribution < 1.29 is 9.90 Å². The number of carbonyl (C=O) groups excluding carboxylic acids is 1. The minimum atomic E-state index is 0.115. The molecule has 2 aliphatic rings. The Bertz CT molecular complexity index is 508. The third-order valence-corrected chi connectivity index (χ3v) is 4.77. The van der Waals surface area contributed by atoms with Crippen LogP contribution in [0.25, 0.3) is 0 Å². The molecule has 2 unspecified atom stereocenters. The average Bonchev–Trinajstić information content (AvgIpc) is 3.05. The van der Waals surface area contributed by atoms with Crippen LogP contribution in [0.5, 0.6) is 0 Å². The number of rotatable bonds is 3. The molecule has 0 bridgehead atoms. The topological polar surface area (TPSA) is 43.8 Å². The summed E-state index contributed by atoms with van der Waals surface area (Å²) >= 11 is 3.50. The van der Waals surface area contributed by atoms with Gasteiger partial charge in [0.25, 0.3) is 0 Å². The molecule has 2 fully saturated rings. The largest absolute Gasteiger partial charge is 0.396 e. The van der Waals surface area contributed by atoms with Crippen LogP contribution < -0.4 is 4.90 Å². The number of nitrogens with zero attached hydrogens (tertiary/aromatic N) is 2. The second-order valence-corrected chi connectivity index (χ2v) is 6.58. The van der Waals surface area contributed by atoms with Gasteiger partial charge in [0.15, 0.2) is 0 Å². The number of benzene rings is 1. The first-order valence-corrected chi connectivity index (χ1v) is 7.87. The number of aliphatic hydroxyl groups excluding tert-OH is 1. The molecule has 1 aromatic carbocycles. The molecule has 1 amide bonds. The van der Waals surface area contributed by atoms with Crippen molar-refractivity contribution in [3.63, 3.8) is 0 Å². The average molecular weight is 339 g/mol. The standard InChI is InChI=1S/C15H19BrN2O2/c16-12-2-1-3-13(7-12)17-5-4-14(9-17)18-8-11(10-19)6-15(18)20/h1-3,7,11,14,19H,4-6,8-10H2. The van der Waals surface area contributed by atoms with E-state index in [0.29, 0.717) is 13.0 Å². The van der Waals surface area contributed by atoms with Crippen LogP contribution in [-0.2, 0) is 4.79 Å². The second-order valence-electron chi connectivity index (χ2n) is 5.67. The Hall–Kier alpha value is -1.07. The summed E-state index contributed by atoms with van der Waals surface area (Å²) in [5.41, 5.74) is 1.20. The summed E-state index contributed by atoms with van der Waals surface area (Å²) in [5, 5.41) is 9.21. The van der Waals surface area contributed by atoms with Crippen LogP contribution in [0.4, 0.5) is 5.69 Å². The van der Waals surface area contributed by atoms with Crippen molar-refractivity contribution in [3.8, 4) is 0 Å². The van der Waals surface area contributed by atoms with Gasteiger partial charge in [-0.3, -0.25) is 4.79 Å². The highest BCUT2D eigenvalue weighted by Crippen LogP contribution is 2.28. The van der Waals surface area contributed by atoms with E-state index in [0.717, 1.165) is 24.0 Å². The molecule has 0 saturated carbocycles. The fourth-order valence-corrected chi connectivity index (χ4v) is 3.57. The molecule has 2 heterocycles. The fraction of sp³-hybridized carbons (Fsp3) is 0.533. The molecule has 5 heteroatoms. The first-order chi connectivity index (χ1) is 9.67. The van der Waals surface area contributed by atoms with Gasteiger partial charge in [-0.15, -0.1) is 0 Å². The van der Waals surface area contributed by atoms with Crippen LogP contribution in [0.2, 0.25) is 0 Å². The van der Waals surface area contributed by atoms with E-state index in [1.165, 1.54) is 5.69 Å². The van der Waals surface area contributed by atoms with Crippen LogP contribution in [0.15, 0.2) is 28.7 Å². The molecular formula is C15H19BrN2O2. The van der Waals surface area contributed by atoms with E-state index >= 15 is 0 Å². The number of likely N-dealkylation sites (tertiary alicyclic amines) is 1. The molecule has 108 valence electrons. The van der Waals surface area contributed by atoms with E-state index in [1.54, 1.807) is 0 Å². The Morgan fingerprint density at radius 2 is 2.20 bits per heavy atom. The molecular weight excluding hydrogens is 320 g/mol. The maximum atomic E-state index is 12.0. The lowest BCUT2D eigenvalue weighted by atomic mass is 10.1. The van der Waals surface area contributed by atoms with Gasteiger partial charge in [-0.2, -0.15) is 0 Å². The van der Waals surface area contributed by atoms with E-state index in [1.807, 2.05) is 17.0 Å². The number of amides is 1. The smallest absolute Gasteiger partial charge is 0.223 e.